The van der Waals surface area contributed by atoms with Gasteiger partial charge in [0.05, 0.1) is 12.4 Å². The maximum Gasteiger partial charge on any atom is 0.167 e. The Morgan fingerprint density at radius 1 is 0.444 bits per heavy atom. The maximum absolute atomic E-state index is 8.43. The summed E-state index contributed by atoms with van der Waals surface area (Å²) in [7, 11) is 0. The van der Waals surface area contributed by atoms with E-state index >= 15 is 0 Å². The predicted octanol–water partition coefficient (Wildman–Crippen LogP) is 10.7. The standard InChI is InChI=1S/C41H25N3O/c1-2-9-26(10-3-1)28-17-20-29(21-18-28)39-42-40(33-22-19-27-11-4-5-12-30(27)23-33)44-41(43-39)35-16-8-15-34-36-24-31-13-6-7-14-32(31)25-37(36)45-38(34)35/h1-25H/i1D,2D,3D,9D,10D. The summed E-state index contributed by atoms with van der Waals surface area (Å²) in [4.78, 5) is 14.9. The molecule has 9 rings (SSSR count). The molecule has 0 fully saturated rings. The molecule has 0 radical (unpaired) electrons. The van der Waals surface area contributed by atoms with Crippen LogP contribution < -0.4 is 0 Å². The third-order valence-corrected chi connectivity index (χ3v) is 8.18. The van der Waals surface area contributed by atoms with Crippen molar-refractivity contribution in [3.05, 3.63) is 152 Å². The SMILES string of the molecule is [2H]c1c([2H])c([2H])c(-c2ccc(-c3nc(-c4ccc5ccccc5c4)nc(-c4cccc5c4oc4cc6ccccc6cc45)n3)cc2)c([2H])c1[2H]. The minimum Gasteiger partial charge on any atom is -0.455 e. The van der Waals surface area contributed by atoms with Crippen molar-refractivity contribution in [3.63, 3.8) is 0 Å². The molecule has 0 spiro atoms. The summed E-state index contributed by atoms with van der Waals surface area (Å²) < 4.78 is 47.6. The first kappa shape index (κ1) is 20.7. The van der Waals surface area contributed by atoms with Gasteiger partial charge in [-0.1, -0.05) is 127 Å². The molecule has 0 saturated carbocycles. The predicted molar refractivity (Wildman–Crippen MR) is 184 cm³/mol. The monoisotopic (exact) mass is 580 g/mol. The number of furan rings is 1. The molecule has 0 saturated heterocycles. The van der Waals surface area contributed by atoms with E-state index in [1.54, 1.807) is 24.3 Å². The average Bonchev–Trinajstić information content (AvgIpc) is 3.53. The van der Waals surface area contributed by atoms with Gasteiger partial charge in [0.25, 0.3) is 0 Å². The molecule has 0 bridgehead atoms. The van der Waals surface area contributed by atoms with E-state index < -0.39 is 6.04 Å². The van der Waals surface area contributed by atoms with Crippen LogP contribution >= 0.6 is 0 Å². The number of fused-ring (bicyclic) bond motifs is 5. The van der Waals surface area contributed by atoms with Crippen molar-refractivity contribution in [1.82, 2.24) is 15.0 Å². The highest BCUT2D eigenvalue weighted by molar-refractivity contribution is 6.13. The van der Waals surface area contributed by atoms with Gasteiger partial charge >= 0.3 is 0 Å². The van der Waals surface area contributed by atoms with E-state index in [4.69, 9.17) is 26.2 Å². The van der Waals surface area contributed by atoms with Crippen molar-refractivity contribution in [2.45, 2.75) is 0 Å². The van der Waals surface area contributed by atoms with E-state index in [0.717, 1.165) is 49.0 Å². The molecule has 0 aliphatic rings. The molecular formula is C41H25N3O. The summed E-state index contributed by atoms with van der Waals surface area (Å²) in [5.74, 6) is 1.36. The van der Waals surface area contributed by atoms with Crippen LogP contribution in [0.15, 0.2) is 156 Å². The molecule has 4 nitrogen and oxygen atoms in total. The number of para-hydroxylation sites is 1. The highest BCUT2D eigenvalue weighted by Gasteiger charge is 2.18. The lowest BCUT2D eigenvalue weighted by Gasteiger charge is -2.10. The lowest BCUT2D eigenvalue weighted by molar-refractivity contribution is 0.670. The Kier molecular flexibility index (Phi) is 4.72. The first-order valence-corrected chi connectivity index (χ1v) is 14.6. The summed E-state index contributed by atoms with van der Waals surface area (Å²) in [6.45, 7) is 0. The van der Waals surface area contributed by atoms with Crippen LogP contribution in [0.5, 0.6) is 0 Å². The molecule has 0 aliphatic carbocycles. The lowest BCUT2D eigenvalue weighted by Crippen LogP contribution is -2.00. The zero-order chi connectivity index (χ0) is 34.1. The average molecular weight is 581 g/mol. The van der Waals surface area contributed by atoms with Gasteiger partial charge in [-0.25, -0.2) is 15.0 Å². The second-order valence-electron chi connectivity index (χ2n) is 10.9. The summed E-state index contributed by atoms with van der Waals surface area (Å²) in [5.41, 5.74) is 4.31. The molecule has 0 aliphatic heterocycles. The topological polar surface area (TPSA) is 51.8 Å². The van der Waals surface area contributed by atoms with Gasteiger partial charge in [0, 0.05) is 21.9 Å². The highest BCUT2D eigenvalue weighted by Crippen LogP contribution is 2.37. The maximum atomic E-state index is 8.43. The minimum atomic E-state index is -0.424. The third-order valence-electron chi connectivity index (χ3n) is 8.18. The van der Waals surface area contributed by atoms with E-state index in [1.165, 1.54) is 0 Å². The van der Waals surface area contributed by atoms with Gasteiger partial charge in [0.15, 0.2) is 17.5 Å². The van der Waals surface area contributed by atoms with Crippen molar-refractivity contribution in [2.24, 2.45) is 0 Å². The van der Waals surface area contributed by atoms with Crippen LogP contribution in [0.3, 0.4) is 0 Å². The second-order valence-corrected chi connectivity index (χ2v) is 10.9. The normalized spacial score (nSPS) is 13.1. The molecule has 0 unspecified atom stereocenters. The molecule has 4 heteroatoms. The molecule has 9 aromatic rings. The fourth-order valence-electron chi connectivity index (χ4n) is 5.92. The fraction of sp³-hybridized carbons (Fsp3) is 0. The van der Waals surface area contributed by atoms with E-state index in [2.05, 4.69) is 42.5 Å². The molecule has 2 heterocycles. The first-order valence-electron chi connectivity index (χ1n) is 17.1. The van der Waals surface area contributed by atoms with E-state index in [9.17, 15) is 0 Å². The van der Waals surface area contributed by atoms with Gasteiger partial charge in [-0.05, 0) is 56.9 Å². The first-order chi connectivity index (χ1) is 24.3. The summed E-state index contributed by atoms with van der Waals surface area (Å²) in [6.07, 6.45) is 0. The molecular weight excluding hydrogens is 550 g/mol. The van der Waals surface area contributed by atoms with Crippen LogP contribution in [-0.2, 0) is 0 Å². The van der Waals surface area contributed by atoms with Crippen molar-refractivity contribution in [1.29, 1.82) is 0 Å². The van der Waals surface area contributed by atoms with Gasteiger partial charge in [-0.15, -0.1) is 0 Å². The van der Waals surface area contributed by atoms with Gasteiger partial charge in [-0.3, -0.25) is 0 Å². The summed E-state index contributed by atoms with van der Waals surface area (Å²) in [6, 6.07) is 38.0. The van der Waals surface area contributed by atoms with Crippen molar-refractivity contribution < 1.29 is 11.3 Å². The highest BCUT2D eigenvalue weighted by atomic mass is 16.3. The van der Waals surface area contributed by atoms with E-state index in [0.29, 0.717) is 34.2 Å². The Hall–Kier alpha value is -6.13. The van der Waals surface area contributed by atoms with Crippen molar-refractivity contribution in [3.8, 4) is 45.3 Å². The van der Waals surface area contributed by atoms with Crippen molar-refractivity contribution in [2.75, 3.05) is 0 Å². The van der Waals surface area contributed by atoms with Gasteiger partial charge in [0.2, 0.25) is 0 Å². The second kappa shape index (κ2) is 10.2. The zero-order valence-corrected chi connectivity index (χ0v) is 23.8. The van der Waals surface area contributed by atoms with Crippen LogP contribution in [0.4, 0.5) is 0 Å². The van der Waals surface area contributed by atoms with Crippen LogP contribution in [0.2, 0.25) is 0 Å². The summed E-state index contributed by atoms with van der Waals surface area (Å²) >= 11 is 0. The van der Waals surface area contributed by atoms with Crippen LogP contribution in [0, 0.1) is 0 Å². The smallest absolute Gasteiger partial charge is 0.167 e. The fourth-order valence-corrected chi connectivity index (χ4v) is 5.92. The Balaban J connectivity index is 1.23. The minimum absolute atomic E-state index is 0.139. The van der Waals surface area contributed by atoms with Crippen LogP contribution in [0.1, 0.15) is 6.85 Å². The van der Waals surface area contributed by atoms with Gasteiger partial charge in [-0.2, -0.15) is 0 Å². The Bertz CT molecular complexity index is 2800. The van der Waals surface area contributed by atoms with E-state index in [1.807, 2.05) is 54.6 Å². The van der Waals surface area contributed by atoms with Gasteiger partial charge in [0.1, 0.15) is 11.2 Å². The third kappa shape index (κ3) is 4.43. The lowest BCUT2D eigenvalue weighted by atomic mass is 10.0. The molecule has 2 aromatic heterocycles. The quantitative estimate of drug-likeness (QED) is 0.208. The van der Waals surface area contributed by atoms with E-state index in [-0.39, 0.29) is 29.7 Å². The Morgan fingerprint density at radius 3 is 1.84 bits per heavy atom. The van der Waals surface area contributed by atoms with Gasteiger partial charge < -0.3 is 4.42 Å². The molecule has 210 valence electrons. The van der Waals surface area contributed by atoms with Crippen LogP contribution in [0.25, 0.3) is 88.8 Å². The zero-order valence-electron chi connectivity index (χ0n) is 28.8. The molecule has 0 N–H and O–H groups in total. The van der Waals surface area contributed by atoms with Crippen molar-refractivity contribution >= 4 is 43.5 Å². The number of rotatable bonds is 4. The molecule has 0 amide bonds. The van der Waals surface area contributed by atoms with Crippen LogP contribution in [-0.4, -0.2) is 15.0 Å². The number of aromatic nitrogens is 3. The number of hydrogen-bond donors (Lipinski definition) is 0. The number of nitrogens with zero attached hydrogens (tertiary/aromatic N) is 3. The molecule has 0 atom stereocenters. The Morgan fingerprint density at radius 2 is 1.07 bits per heavy atom. The largest absolute Gasteiger partial charge is 0.455 e. The Labute approximate surface area is 266 Å². The molecule has 45 heavy (non-hydrogen) atoms. The summed E-state index contributed by atoms with van der Waals surface area (Å²) in [5, 5.41) is 6.35. The number of benzene rings is 7. The number of hydrogen-bond acceptors (Lipinski definition) is 4. The molecule has 7 aromatic carbocycles.